The molecule has 0 bridgehead atoms. The molecule has 0 aliphatic carbocycles. The molecule has 2 aromatic carbocycles. The number of hydrogen-bond acceptors (Lipinski definition) is 4. The Morgan fingerprint density at radius 1 is 1.25 bits per heavy atom. The summed E-state index contributed by atoms with van der Waals surface area (Å²) in [7, 11) is 1.57. The van der Waals surface area contributed by atoms with Crippen LogP contribution in [0, 0.1) is 0 Å². The summed E-state index contributed by atoms with van der Waals surface area (Å²) in [6.07, 6.45) is 0. The highest BCUT2D eigenvalue weighted by Crippen LogP contribution is 2.22. The molecule has 122 valence electrons. The van der Waals surface area contributed by atoms with Crippen molar-refractivity contribution in [3.05, 3.63) is 63.9 Å². The quantitative estimate of drug-likeness (QED) is 0.574. The molecule has 1 aromatic heterocycles. The zero-order valence-electron chi connectivity index (χ0n) is 12.8. The molecule has 0 unspecified atom stereocenters. The molecule has 24 heavy (non-hydrogen) atoms. The van der Waals surface area contributed by atoms with Crippen molar-refractivity contribution in [1.29, 1.82) is 0 Å². The van der Waals surface area contributed by atoms with E-state index < -0.39 is 0 Å². The molecule has 0 saturated heterocycles. The summed E-state index contributed by atoms with van der Waals surface area (Å²) in [5.74, 6) is 0.0297. The molecule has 7 heteroatoms. The van der Waals surface area contributed by atoms with Crippen LogP contribution in [0.5, 0.6) is 0 Å². The summed E-state index contributed by atoms with van der Waals surface area (Å²) < 4.78 is 1.49. The standard InChI is InChI=1S/C17H14ClN3O2S/c1-19-15(22)10-24-17-20-14-8-3-2-7-13(14)16(23)21(17)12-6-4-5-11(18)9-12/h2-9H,10H2,1H3,(H,19,22). The predicted molar refractivity (Wildman–Crippen MR) is 97.1 cm³/mol. The Morgan fingerprint density at radius 2 is 2.04 bits per heavy atom. The molecule has 1 N–H and O–H groups in total. The number of thioether (sulfide) groups is 1. The molecule has 0 aliphatic heterocycles. The molecule has 5 nitrogen and oxygen atoms in total. The molecule has 3 rings (SSSR count). The molecule has 0 saturated carbocycles. The fraction of sp³-hybridized carbons (Fsp3) is 0.118. The lowest BCUT2D eigenvalue weighted by molar-refractivity contribution is -0.118. The van der Waals surface area contributed by atoms with Crippen molar-refractivity contribution in [1.82, 2.24) is 14.9 Å². The second-order valence-corrected chi connectivity index (χ2v) is 6.37. The van der Waals surface area contributed by atoms with Gasteiger partial charge in [0, 0.05) is 12.1 Å². The molecular weight excluding hydrogens is 346 g/mol. The second-order valence-electron chi connectivity index (χ2n) is 4.99. The van der Waals surface area contributed by atoms with Gasteiger partial charge in [-0.3, -0.25) is 14.2 Å². The Balaban J connectivity index is 2.21. The number of hydrogen-bond donors (Lipinski definition) is 1. The smallest absolute Gasteiger partial charge is 0.266 e. The number of carbonyl (C=O) groups is 1. The largest absolute Gasteiger partial charge is 0.358 e. The minimum absolute atomic E-state index is 0.139. The van der Waals surface area contributed by atoms with E-state index in [1.165, 1.54) is 16.3 Å². The summed E-state index contributed by atoms with van der Waals surface area (Å²) >= 11 is 7.27. The van der Waals surface area contributed by atoms with Gasteiger partial charge >= 0.3 is 0 Å². The fourth-order valence-corrected chi connectivity index (χ4v) is 3.32. The van der Waals surface area contributed by atoms with Gasteiger partial charge in [0.15, 0.2) is 5.16 Å². The Hall–Kier alpha value is -2.31. The SMILES string of the molecule is CNC(=O)CSc1nc2ccccc2c(=O)n1-c1cccc(Cl)c1. The number of amides is 1. The van der Waals surface area contributed by atoms with E-state index in [4.69, 9.17) is 11.6 Å². The summed E-state index contributed by atoms with van der Waals surface area (Å²) in [5, 5.41) is 4.05. The first-order chi connectivity index (χ1) is 11.6. The zero-order valence-corrected chi connectivity index (χ0v) is 14.4. The minimum Gasteiger partial charge on any atom is -0.358 e. The van der Waals surface area contributed by atoms with Gasteiger partial charge < -0.3 is 5.32 Å². The van der Waals surface area contributed by atoms with Crippen LogP contribution in [-0.2, 0) is 4.79 Å². The van der Waals surface area contributed by atoms with Crippen molar-refractivity contribution in [3.63, 3.8) is 0 Å². The number of halogens is 1. The maximum Gasteiger partial charge on any atom is 0.266 e. The number of benzene rings is 2. The minimum atomic E-state index is -0.192. The monoisotopic (exact) mass is 359 g/mol. The van der Waals surface area contributed by atoms with Crippen molar-refractivity contribution >= 4 is 40.2 Å². The third kappa shape index (κ3) is 3.29. The number of nitrogens with one attached hydrogen (secondary N) is 1. The van der Waals surface area contributed by atoms with Crippen LogP contribution < -0.4 is 10.9 Å². The summed E-state index contributed by atoms with van der Waals surface area (Å²) in [4.78, 5) is 29.1. The van der Waals surface area contributed by atoms with E-state index in [0.29, 0.717) is 26.8 Å². The van der Waals surface area contributed by atoms with Crippen LogP contribution >= 0.6 is 23.4 Å². The number of rotatable bonds is 4. The molecule has 0 fully saturated rings. The Labute approximate surface area is 147 Å². The lowest BCUT2D eigenvalue weighted by Crippen LogP contribution is -2.24. The maximum atomic E-state index is 12.9. The lowest BCUT2D eigenvalue weighted by Gasteiger charge is -2.13. The summed E-state index contributed by atoms with van der Waals surface area (Å²) in [5.41, 5.74) is 1.02. The Morgan fingerprint density at radius 3 is 2.79 bits per heavy atom. The van der Waals surface area contributed by atoms with Crippen LogP contribution in [-0.4, -0.2) is 28.3 Å². The van der Waals surface area contributed by atoms with E-state index in [2.05, 4.69) is 10.3 Å². The molecule has 0 radical (unpaired) electrons. The number of aromatic nitrogens is 2. The van der Waals surface area contributed by atoms with Crippen molar-refractivity contribution < 1.29 is 4.79 Å². The van der Waals surface area contributed by atoms with Crippen LogP contribution in [0.25, 0.3) is 16.6 Å². The molecular formula is C17H14ClN3O2S. The molecule has 0 aliphatic rings. The lowest BCUT2D eigenvalue weighted by atomic mass is 10.2. The van der Waals surface area contributed by atoms with E-state index in [0.717, 1.165) is 0 Å². The van der Waals surface area contributed by atoms with Crippen molar-refractivity contribution in [2.24, 2.45) is 0 Å². The predicted octanol–water partition coefficient (Wildman–Crippen LogP) is 2.88. The molecule has 0 spiro atoms. The van der Waals surface area contributed by atoms with Crippen molar-refractivity contribution in [3.8, 4) is 5.69 Å². The van der Waals surface area contributed by atoms with Gasteiger partial charge in [-0.05, 0) is 30.3 Å². The normalized spacial score (nSPS) is 10.8. The van der Waals surface area contributed by atoms with Crippen LogP contribution in [0.15, 0.2) is 58.5 Å². The average Bonchev–Trinajstić information content (AvgIpc) is 2.59. The average molecular weight is 360 g/mol. The molecule has 1 heterocycles. The van der Waals surface area contributed by atoms with Gasteiger partial charge in [0.25, 0.3) is 5.56 Å². The highest BCUT2D eigenvalue weighted by Gasteiger charge is 2.14. The van der Waals surface area contributed by atoms with E-state index in [9.17, 15) is 9.59 Å². The van der Waals surface area contributed by atoms with Crippen LogP contribution in [0.4, 0.5) is 0 Å². The van der Waals surface area contributed by atoms with Crippen molar-refractivity contribution in [2.75, 3.05) is 12.8 Å². The molecule has 0 atom stereocenters. The van der Waals surface area contributed by atoms with Gasteiger partial charge in [-0.2, -0.15) is 0 Å². The summed E-state index contributed by atoms with van der Waals surface area (Å²) in [6, 6.07) is 14.1. The van der Waals surface area contributed by atoms with Crippen LogP contribution in [0.1, 0.15) is 0 Å². The summed E-state index contributed by atoms with van der Waals surface area (Å²) in [6.45, 7) is 0. The van der Waals surface area contributed by atoms with E-state index in [1.54, 1.807) is 49.5 Å². The van der Waals surface area contributed by atoms with E-state index in [1.807, 2.05) is 6.07 Å². The first kappa shape index (κ1) is 16.5. The van der Waals surface area contributed by atoms with Crippen LogP contribution in [0.3, 0.4) is 0 Å². The Bertz CT molecular complexity index is 971. The van der Waals surface area contributed by atoms with Crippen LogP contribution in [0.2, 0.25) is 5.02 Å². The highest BCUT2D eigenvalue weighted by atomic mass is 35.5. The van der Waals surface area contributed by atoms with Gasteiger partial charge in [-0.15, -0.1) is 0 Å². The van der Waals surface area contributed by atoms with E-state index >= 15 is 0 Å². The van der Waals surface area contributed by atoms with E-state index in [-0.39, 0.29) is 17.2 Å². The maximum absolute atomic E-state index is 12.9. The first-order valence-electron chi connectivity index (χ1n) is 7.21. The highest BCUT2D eigenvalue weighted by molar-refractivity contribution is 7.99. The number of carbonyl (C=O) groups excluding carboxylic acids is 1. The van der Waals surface area contributed by atoms with Gasteiger partial charge in [0.1, 0.15) is 0 Å². The number of nitrogens with zero attached hydrogens (tertiary/aromatic N) is 2. The van der Waals surface area contributed by atoms with Gasteiger partial charge in [-0.1, -0.05) is 41.6 Å². The number of fused-ring (bicyclic) bond motifs is 1. The molecule has 1 amide bonds. The topological polar surface area (TPSA) is 64.0 Å². The Kier molecular flexibility index (Phi) is 4.87. The third-order valence-electron chi connectivity index (χ3n) is 3.42. The second kappa shape index (κ2) is 7.07. The van der Waals surface area contributed by atoms with Gasteiger partial charge in [0.05, 0.1) is 22.3 Å². The van der Waals surface area contributed by atoms with Gasteiger partial charge in [-0.25, -0.2) is 4.98 Å². The van der Waals surface area contributed by atoms with Crippen molar-refractivity contribution in [2.45, 2.75) is 5.16 Å². The molecule has 3 aromatic rings. The number of para-hydroxylation sites is 1. The third-order valence-corrected chi connectivity index (χ3v) is 4.60. The fourth-order valence-electron chi connectivity index (χ4n) is 2.25. The van der Waals surface area contributed by atoms with Gasteiger partial charge in [0.2, 0.25) is 5.91 Å². The zero-order chi connectivity index (χ0) is 17.1. The first-order valence-corrected chi connectivity index (χ1v) is 8.57.